The van der Waals surface area contributed by atoms with Gasteiger partial charge >= 0.3 is 0 Å². The lowest BCUT2D eigenvalue weighted by molar-refractivity contribution is -0.136. The monoisotopic (exact) mass is 359 g/mol. The zero-order valence-corrected chi connectivity index (χ0v) is 16.8. The first-order valence-corrected chi connectivity index (χ1v) is 12.1. The maximum Gasteiger partial charge on any atom is 0.229 e. The standard InChI is InChI=1S/C16H29NO4SSi/c1-10(21-23(5,6)16(2,3)4)12-13(18)17-14(12)22-15(19)11-8-7-9-20-11/h10-12,14H,7-9H2,1-6H3,(H,17,18)/t10-,11?,12+,14-/m1/s1. The summed E-state index contributed by atoms with van der Waals surface area (Å²) in [6, 6.07) is 0. The fraction of sp³-hybridized carbons (Fsp3) is 0.875. The van der Waals surface area contributed by atoms with Gasteiger partial charge in [-0.1, -0.05) is 32.5 Å². The Morgan fingerprint density at radius 1 is 1.43 bits per heavy atom. The highest BCUT2D eigenvalue weighted by Gasteiger charge is 2.49. The van der Waals surface area contributed by atoms with Crippen LogP contribution in [0.5, 0.6) is 0 Å². The average molecular weight is 360 g/mol. The summed E-state index contributed by atoms with van der Waals surface area (Å²) in [6.45, 7) is 13.5. The predicted molar refractivity (Wildman–Crippen MR) is 94.7 cm³/mol. The SMILES string of the molecule is C[C@@H](O[Si](C)(C)C(C)(C)C)[C@H]1C(=O)N[C@@H]1SC(=O)C1CCCO1. The Kier molecular flexibility index (Phi) is 5.65. The first-order chi connectivity index (χ1) is 10.5. The molecule has 0 aromatic rings. The molecule has 2 aliphatic rings. The Bertz CT molecular complexity index is 471. The Morgan fingerprint density at radius 2 is 2.09 bits per heavy atom. The molecule has 1 amide bonds. The van der Waals surface area contributed by atoms with Gasteiger partial charge in [0.2, 0.25) is 11.0 Å². The summed E-state index contributed by atoms with van der Waals surface area (Å²) in [6.07, 6.45) is 1.23. The summed E-state index contributed by atoms with van der Waals surface area (Å²) in [4.78, 5) is 24.2. The van der Waals surface area contributed by atoms with Crippen molar-refractivity contribution in [3.8, 4) is 0 Å². The number of hydrogen-bond acceptors (Lipinski definition) is 5. The van der Waals surface area contributed by atoms with Crippen molar-refractivity contribution in [1.82, 2.24) is 5.32 Å². The van der Waals surface area contributed by atoms with E-state index in [0.717, 1.165) is 12.8 Å². The highest BCUT2D eigenvalue weighted by molar-refractivity contribution is 8.14. The van der Waals surface area contributed by atoms with E-state index < -0.39 is 8.32 Å². The van der Waals surface area contributed by atoms with Crippen LogP contribution in [0.4, 0.5) is 0 Å². The lowest BCUT2D eigenvalue weighted by atomic mass is 9.96. The van der Waals surface area contributed by atoms with Crippen molar-refractivity contribution in [1.29, 1.82) is 0 Å². The van der Waals surface area contributed by atoms with E-state index in [2.05, 4.69) is 39.2 Å². The van der Waals surface area contributed by atoms with Gasteiger partial charge in [0.15, 0.2) is 8.32 Å². The van der Waals surface area contributed by atoms with E-state index in [1.807, 2.05) is 6.92 Å². The van der Waals surface area contributed by atoms with Crippen molar-refractivity contribution in [3.63, 3.8) is 0 Å². The largest absolute Gasteiger partial charge is 0.413 e. The van der Waals surface area contributed by atoms with Crippen LogP contribution in [-0.2, 0) is 18.8 Å². The quantitative estimate of drug-likeness (QED) is 0.604. The molecule has 0 aromatic heterocycles. The molecular formula is C16H29NO4SSi. The van der Waals surface area contributed by atoms with Gasteiger partial charge in [-0.25, -0.2) is 0 Å². The minimum Gasteiger partial charge on any atom is -0.413 e. The highest BCUT2D eigenvalue weighted by Crippen LogP contribution is 2.40. The van der Waals surface area contributed by atoms with Crippen LogP contribution in [0.25, 0.3) is 0 Å². The molecule has 0 aromatic carbocycles. The lowest BCUT2D eigenvalue weighted by Gasteiger charge is -2.44. The zero-order chi connectivity index (χ0) is 17.4. The van der Waals surface area contributed by atoms with Crippen molar-refractivity contribution in [2.24, 2.45) is 5.92 Å². The Hall–Kier alpha value is -0.373. The molecule has 5 nitrogen and oxygen atoms in total. The molecule has 0 bridgehead atoms. The van der Waals surface area contributed by atoms with Crippen LogP contribution < -0.4 is 5.32 Å². The molecule has 23 heavy (non-hydrogen) atoms. The number of carbonyl (C=O) groups excluding carboxylic acids is 2. The second-order valence-corrected chi connectivity index (χ2v) is 13.9. The van der Waals surface area contributed by atoms with Crippen molar-refractivity contribution < 1.29 is 18.8 Å². The molecule has 7 heteroatoms. The summed E-state index contributed by atoms with van der Waals surface area (Å²) in [5.74, 6) is -0.284. The summed E-state index contributed by atoms with van der Waals surface area (Å²) >= 11 is 1.20. The highest BCUT2D eigenvalue weighted by atomic mass is 32.2. The van der Waals surface area contributed by atoms with Gasteiger partial charge in [0.1, 0.15) is 6.10 Å². The van der Waals surface area contributed by atoms with Gasteiger partial charge in [-0.2, -0.15) is 0 Å². The van der Waals surface area contributed by atoms with E-state index in [-0.39, 0.29) is 39.6 Å². The zero-order valence-electron chi connectivity index (χ0n) is 15.0. The van der Waals surface area contributed by atoms with E-state index in [1.165, 1.54) is 11.8 Å². The van der Waals surface area contributed by atoms with Gasteiger partial charge in [-0.3, -0.25) is 9.59 Å². The first kappa shape index (κ1) is 19.0. The topological polar surface area (TPSA) is 64.6 Å². The number of β-lactam (4-membered cyclic amide) rings is 1. The van der Waals surface area contributed by atoms with Gasteiger partial charge in [0.25, 0.3) is 0 Å². The number of thioether (sulfide) groups is 1. The normalized spacial score (nSPS) is 29.8. The van der Waals surface area contributed by atoms with Gasteiger partial charge in [0.05, 0.1) is 17.4 Å². The molecule has 1 unspecified atom stereocenters. The number of hydrogen-bond donors (Lipinski definition) is 1. The molecule has 2 fully saturated rings. The fourth-order valence-corrected chi connectivity index (χ4v) is 5.29. The lowest BCUT2D eigenvalue weighted by Crippen LogP contribution is -2.62. The van der Waals surface area contributed by atoms with E-state index in [4.69, 9.17) is 9.16 Å². The smallest absolute Gasteiger partial charge is 0.229 e. The first-order valence-electron chi connectivity index (χ1n) is 8.33. The van der Waals surface area contributed by atoms with Crippen LogP contribution in [0, 0.1) is 5.92 Å². The predicted octanol–water partition coefficient (Wildman–Crippen LogP) is 2.91. The Morgan fingerprint density at radius 3 is 2.57 bits per heavy atom. The fourth-order valence-electron chi connectivity index (χ4n) is 2.61. The van der Waals surface area contributed by atoms with Crippen LogP contribution in [0.3, 0.4) is 0 Å². The van der Waals surface area contributed by atoms with Crippen LogP contribution >= 0.6 is 11.8 Å². The average Bonchev–Trinajstić information content (AvgIpc) is 2.89. The molecular weight excluding hydrogens is 330 g/mol. The van der Waals surface area contributed by atoms with Crippen molar-refractivity contribution in [2.75, 3.05) is 6.61 Å². The third-order valence-corrected chi connectivity index (χ3v) is 10.9. The van der Waals surface area contributed by atoms with E-state index >= 15 is 0 Å². The number of ether oxygens (including phenoxy) is 1. The van der Waals surface area contributed by atoms with E-state index in [0.29, 0.717) is 6.61 Å². The molecule has 0 aliphatic carbocycles. The molecule has 0 spiro atoms. The molecule has 2 rings (SSSR count). The van der Waals surface area contributed by atoms with Crippen LogP contribution in [-0.4, -0.2) is 43.5 Å². The molecule has 2 heterocycles. The summed E-state index contributed by atoms with van der Waals surface area (Å²) < 4.78 is 11.8. The van der Waals surface area contributed by atoms with E-state index in [9.17, 15) is 9.59 Å². The molecule has 0 radical (unpaired) electrons. The molecule has 0 saturated carbocycles. The molecule has 4 atom stereocenters. The van der Waals surface area contributed by atoms with Gasteiger partial charge < -0.3 is 14.5 Å². The Balaban J connectivity index is 1.94. The van der Waals surface area contributed by atoms with Crippen LogP contribution in [0.15, 0.2) is 0 Å². The third kappa shape index (κ3) is 4.18. The van der Waals surface area contributed by atoms with Gasteiger partial charge in [-0.15, -0.1) is 0 Å². The number of rotatable bonds is 5. The number of nitrogens with one attached hydrogen (secondary N) is 1. The molecule has 2 aliphatic heterocycles. The minimum atomic E-state index is -1.94. The van der Waals surface area contributed by atoms with Crippen LogP contribution in [0.1, 0.15) is 40.5 Å². The van der Waals surface area contributed by atoms with Gasteiger partial charge in [-0.05, 0) is 37.9 Å². The van der Waals surface area contributed by atoms with Gasteiger partial charge in [0, 0.05) is 6.61 Å². The molecule has 2 saturated heterocycles. The summed E-state index contributed by atoms with van der Waals surface area (Å²) in [5, 5.41) is 2.76. The van der Waals surface area contributed by atoms with Crippen molar-refractivity contribution in [3.05, 3.63) is 0 Å². The number of amides is 1. The second-order valence-electron chi connectivity index (χ2n) is 7.98. The Labute approximate surface area is 144 Å². The molecule has 132 valence electrons. The van der Waals surface area contributed by atoms with Crippen molar-refractivity contribution >= 4 is 31.1 Å². The minimum absolute atomic E-state index is 0.0196. The van der Waals surface area contributed by atoms with Crippen LogP contribution in [0.2, 0.25) is 18.1 Å². The second kappa shape index (κ2) is 6.86. The summed E-state index contributed by atoms with van der Waals surface area (Å²) in [5.41, 5.74) is 0. The maximum atomic E-state index is 12.2. The van der Waals surface area contributed by atoms with Crippen molar-refractivity contribution in [2.45, 2.75) is 76.3 Å². The van der Waals surface area contributed by atoms with E-state index in [1.54, 1.807) is 0 Å². The summed E-state index contributed by atoms with van der Waals surface area (Å²) in [7, 11) is -1.94. The maximum absolute atomic E-state index is 12.2. The number of carbonyl (C=O) groups is 2. The molecule has 1 N–H and O–H groups in total. The third-order valence-electron chi connectivity index (χ3n) is 5.14.